The maximum absolute atomic E-state index is 10.8. The van der Waals surface area contributed by atoms with E-state index < -0.39 is 12.0 Å². The zero-order chi connectivity index (χ0) is 16.4. The number of carbonyl (C=O) groups is 1. The second-order valence-corrected chi connectivity index (χ2v) is 5.02. The summed E-state index contributed by atoms with van der Waals surface area (Å²) in [7, 11) is 0. The van der Waals surface area contributed by atoms with Gasteiger partial charge >= 0.3 is 0 Å². The minimum atomic E-state index is -0.641. The van der Waals surface area contributed by atoms with Crippen LogP contribution in [0.5, 0.6) is 5.75 Å². The van der Waals surface area contributed by atoms with Gasteiger partial charge in [-0.25, -0.2) is 5.48 Å². The normalized spacial score (nSPS) is 13.8. The summed E-state index contributed by atoms with van der Waals surface area (Å²) in [6.07, 6.45) is 3.57. The molecule has 6 nitrogen and oxygen atoms in total. The number of benzene rings is 1. The molecule has 1 amide bonds. The molecule has 1 rings (SSSR count). The summed E-state index contributed by atoms with van der Waals surface area (Å²) in [5.74, 6) is 0.0363. The fourth-order valence-corrected chi connectivity index (χ4v) is 2.02. The number of hydrogen-bond acceptors (Lipinski definition) is 5. The Hall–Kier alpha value is -1.89. The topological polar surface area (TPSA) is 99.0 Å². The number of amides is 1. The lowest BCUT2D eigenvalue weighted by molar-refractivity contribution is -0.124. The van der Waals surface area contributed by atoms with Crippen molar-refractivity contribution < 1.29 is 25.0 Å². The van der Waals surface area contributed by atoms with E-state index in [1.807, 2.05) is 13.0 Å². The molecule has 0 saturated carbocycles. The molecule has 1 aromatic carbocycles. The van der Waals surface area contributed by atoms with E-state index in [1.165, 1.54) is 11.6 Å². The van der Waals surface area contributed by atoms with Gasteiger partial charge in [0.15, 0.2) is 0 Å². The van der Waals surface area contributed by atoms with Crippen molar-refractivity contribution >= 4 is 5.91 Å². The van der Waals surface area contributed by atoms with Crippen molar-refractivity contribution in [2.75, 3.05) is 13.2 Å². The number of ether oxygens (including phenoxy) is 1. The lowest BCUT2D eigenvalue weighted by atomic mass is 9.93. The van der Waals surface area contributed by atoms with Gasteiger partial charge in [0.1, 0.15) is 12.4 Å². The van der Waals surface area contributed by atoms with Gasteiger partial charge in [0.2, 0.25) is 0 Å². The Morgan fingerprint density at radius 2 is 2.23 bits per heavy atom. The van der Waals surface area contributed by atoms with Crippen molar-refractivity contribution in [3.63, 3.8) is 0 Å². The van der Waals surface area contributed by atoms with E-state index in [9.17, 15) is 9.90 Å². The van der Waals surface area contributed by atoms with E-state index in [4.69, 9.17) is 15.1 Å². The zero-order valence-electron chi connectivity index (χ0n) is 12.6. The first-order chi connectivity index (χ1) is 10.6. The Bertz CT molecular complexity index is 489. The van der Waals surface area contributed by atoms with Crippen LogP contribution in [-0.4, -0.2) is 34.5 Å². The Kier molecular flexibility index (Phi) is 8.21. The number of rotatable bonds is 9. The second kappa shape index (κ2) is 9.94. The number of allylic oxidation sites excluding steroid dienone is 1. The fraction of sp³-hybridized carbons (Fsp3) is 0.438. The largest absolute Gasteiger partial charge is 0.491 e. The van der Waals surface area contributed by atoms with E-state index >= 15 is 0 Å². The maximum atomic E-state index is 10.8. The molecular weight excluding hydrogens is 286 g/mol. The highest BCUT2D eigenvalue weighted by atomic mass is 16.5. The minimum Gasteiger partial charge on any atom is -0.491 e. The summed E-state index contributed by atoms with van der Waals surface area (Å²) < 4.78 is 5.32. The molecule has 0 aromatic heterocycles. The summed E-state index contributed by atoms with van der Waals surface area (Å²) in [6, 6.07) is 7.14. The molecule has 6 heteroatoms. The van der Waals surface area contributed by atoms with Gasteiger partial charge in [0.25, 0.3) is 5.91 Å². The first kappa shape index (κ1) is 18.2. The van der Waals surface area contributed by atoms with Gasteiger partial charge in [0, 0.05) is 6.08 Å². The molecule has 0 saturated heterocycles. The van der Waals surface area contributed by atoms with Crippen LogP contribution in [0.3, 0.4) is 0 Å². The summed E-state index contributed by atoms with van der Waals surface area (Å²) in [5, 5.41) is 27.4. The predicted octanol–water partition coefficient (Wildman–Crippen LogP) is 1.57. The highest BCUT2D eigenvalue weighted by Crippen LogP contribution is 2.27. The van der Waals surface area contributed by atoms with E-state index in [2.05, 4.69) is 0 Å². The smallest absolute Gasteiger partial charge is 0.267 e. The van der Waals surface area contributed by atoms with Gasteiger partial charge in [-0.1, -0.05) is 25.1 Å². The molecule has 0 radical (unpaired) electrons. The molecule has 2 atom stereocenters. The minimum absolute atomic E-state index is 0.00469. The Morgan fingerprint density at radius 1 is 1.45 bits per heavy atom. The van der Waals surface area contributed by atoms with Gasteiger partial charge in [-0.15, -0.1) is 0 Å². The van der Waals surface area contributed by atoms with Crippen LogP contribution in [0.2, 0.25) is 0 Å². The molecule has 22 heavy (non-hydrogen) atoms. The second-order valence-electron chi connectivity index (χ2n) is 5.02. The third-order valence-electron chi connectivity index (χ3n) is 3.27. The van der Waals surface area contributed by atoms with Crippen LogP contribution in [0, 0.1) is 5.92 Å². The first-order valence-electron chi connectivity index (χ1n) is 7.20. The molecule has 4 N–H and O–H groups in total. The third-order valence-corrected chi connectivity index (χ3v) is 3.27. The van der Waals surface area contributed by atoms with E-state index in [0.717, 1.165) is 5.56 Å². The Labute approximate surface area is 130 Å². The molecule has 122 valence electrons. The van der Waals surface area contributed by atoms with Gasteiger partial charge in [-0.3, -0.25) is 10.0 Å². The SMILES string of the molecule is C[C@H](CC/C=C/C(=O)NO)[C@H](O)c1cccc(OCCO)c1. The average Bonchev–Trinajstić information content (AvgIpc) is 2.55. The van der Waals surface area contributed by atoms with Crippen molar-refractivity contribution in [2.24, 2.45) is 5.92 Å². The predicted molar refractivity (Wildman–Crippen MR) is 81.4 cm³/mol. The Morgan fingerprint density at radius 3 is 2.91 bits per heavy atom. The number of nitrogens with one attached hydrogen (secondary N) is 1. The van der Waals surface area contributed by atoms with E-state index in [-0.39, 0.29) is 19.1 Å². The van der Waals surface area contributed by atoms with Gasteiger partial charge in [0.05, 0.1) is 12.7 Å². The first-order valence-corrected chi connectivity index (χ1v) is 7.20. The fourth-order valence-electron chi connectivity index (χ4n) is 2.02. The summed E-state index contributed by atoms with van der Waals surface area (Å²) >= 11 is 0. The van der Waals surface area contributed by atoms with Crippen molar-refractivity contribution in [3.05, 3.63) is 42.0 Å². The van der Waals surface area contributed by atoms with Crippen LogP contribution in [0.25, 0.3) is 0 Å². The molecule has 1 aromatic rings. The van der Waals surface area contributed by atoms with E-state index in [0.29, 0.717) is 18.6 Å². The number of carbonyl (C=O) groups excluding carboxylic acids is 1. The number of aliphatic hydroxyl groups is 2. The lowest BCUT2D eigenvalue weighted by Crippen LogP contribution is -2.15. The molecule has 0 bridgehead atoms. The average molecular weight is 309 g/mol. The van der Waals surface area contributed by atoms with Crippen LogP contribution in [0.1, 0.15) is 31.4 Å². The molecule has 0 spiro atoms. The summed E-state index contributed by atoms with van der Waals surface area (Å²) in [6.45, 7) is 2.08. The maximum Gasteiger partial charge on any atom is 0.267 e. The van der Waals surface area contributed by atoms with Crippen LogP contribution in [-0.2, 0) is 4.79 Å². The van der Waals surface area contributed by atoms with Crippen LogP contribution in [0.4, 0.5) is 0 Å². The molecule has 0 unspecified atom stereocenters. The number of hydrogen-bond donors (Lipinski definition) is 4. The summed E-state index contributed by atoms with van der Waals surface area (Å²) in [4.78, 5) is 10.8. The number of hydroxylamine groups is 1. The van der Waals surface area contributed by atoms with Crippen molar-refractivity contribution in [2.45, 2.75) is 25.9 Å². The van der Waals surface area contributed by atoms with Gasteiger partial charge in [-0.05, 0) is 36.5 Å². The molecule has 0 aliphatic heterocycles. The highest BCUT2D eigenvalue weighted by Gasteiger charge is 2.16. The molecular formula is C16H23NO5. The number of aliphatic hydroxyl groups excluding tert-OH is 2. The van der Waals surface area contributed by atoms with Crippen LogP contribution < -0.4 is 10.2 Å². The quantitative estimate of drug-likeness (QED) is 0.315. The monoisotopic (exact) mass is 309 g/mol. The highest BCUT2D eigenvalue weighted by molar-refractivity contribution is 5.86. The summed E-state index contributed by atoms with van der Waals surface area (Å²) in [5.41, 5.74) is 2.27. The van der Waals surface area contributed by atoms with Crippen LogP contribution >= 0.6 is 0 Å². The molecule has 0 aliphatic carbocycles. The van der Waals surface area contributed by atoms with Gasteiger partial charge < -0.3 is 14.9 Å². The zero-order valence-corrected chi connectivity index (χ0v) is 12.6. The van der Waals surface area contributed by atoms with Crippen molar-refractivity contribution in [3.8, 4) is 5.75 Å². The van der Waals surface area contributed by atoms with Crippen molar-refractivity contribution in [1.82, 2.24) is 5.48 Å². The van der Waals surface area contributed by atoms with Crippen molar-refractivity contribution in [1.29, 1.82) is 0 Å². The standard InChI is InChI=1S/C16H23NO5/c1-12(5-2-3-8-15(19)17-21)16(20)13-6-4-7-14(11-13)22-10-9-18/h3-4,6-8,11-12,16,18,20-21H,2,5,9-10H2,1H3,(H,17,19)/b8-3+/t12-,16+/m1/s1. The van der Waals surface area contributed by atoms with Crippen LogP contribution in [0.15, 0.2) is 36.4 Å². The van der Waals surface area contributed by atoms with E-state index in [1.54, 1.807) is 24.3 Å². The third kappa shape index (κ3) is 6.26. The van der Waals surface area contributed by atoms with Gasteiger partial charge in [-0.2, -0.15) is 0 Å². The Balaban J connectivity index is 2.53. The molecule has 0 aliphatic rings. The molecule has 0 fully saturated rings. The lowest BCUT2D eigenvalue weighted by Gasteiger charge is -2.19. The molecule has 0 heterocycles.